The maximum absolute atomic E-state index is 4.01. The first kappa shape index (κ1) is 10.8. The molecule has 2 rings (SSSR count). The predicted octanol–water partition coefficient (Wildman–Crippen LogP) is -2.31. The Morgan fingerprint density at radius 3 is 2.69 bits per heavy atom. The van der Waals surface area contributed by atoms with Crippen LogP contribution in [0.5, 0.6) is 0 Å². The first-order valence-corrected chi connectivity index (χ1v) is 4.46. The fraction of sp³-hybridized carbons (Fsp3) is 0. The van der Waals surface area contributed by atoms with Gasteiger partial charge in [0.2, 0.25) is 0 Å². The van der Waals surface area contributed by atoms with Gasteiger partial charge < -0.3 is 24.0 Å². The summed E-state index contributed by atoms with van der Waals surface area (Å²) in [5.74, 6) is 0.916. The average molecular weight is 400 g/mol. The normalized spacial score (nSPS) is 9.31. The van der Waals surface area contributed by atoms with Gasteiger partial charge in [0.1, 0.15) is 12.4 Å². The van der Waals surface area contributed by atoms with Crippen LogP contribution in [-0.4, -0.2) is 14.5 Å². The van der Waals surface area contributed by atoms with E-state index in [2.05, 4.69) is 37.5 Å². The zero-order valence-electron chi connectivity index (χ0n) is 6.48. The lowest BCUT2D eigenvalue weighted by atomic mass is 10.6. The van der Waals surface area contributed by atoms with Crippen LogP contribution in [0, 0.1) is 3.70 Å². The van der Waals surface area contributed by atoms with Crippen LogP contribution < -0.4 is 29.0 Å². The summed E-state index contributed by atoms with van der Waals surface area (Å²) in [6, 6.07) is 0. The molecule has 0 fully saturated rings. The Labute approximate surface area is 106 Å². The van der Waals surface area contributed by atoms with E-state index in [0.717, 1.165) is 9.52 Å². The molecule has 2 aromatic heterocycles. The van der Waals surface area contributed by atoms with Gasteiger partial charge in [-0.3, -0.25) is 4.98 Å². The molecule has 13 heavy (non-hydrogen) atoms. The maximum atomic E-state index is 4.01. The summed E-state index contributed by atoms with van der Waals surface area (Å²) >= 11 is 2.21. The predicted molar refractivity (Wildman–Crippen MR) is 50.6 cm³/mol. The van der Waals surface area contributed by atoms with Gasteiger partial charge >= 0.3 is 5.82 Å². The molecule has 0 aliphatic heterocycles. The van der Waals surface area contributed by atoms with E-state index in [0.29, 0.717) is 0 Å². The highest BCUT2D eigenvalue weighted by Crippen LogP contribution is 2.06. The van der Waals surface area contributed by atoms with Gasteiger partial charge in [0.05, 0.1) is 12.4 Å². The van der Waals surface area contributed by atoms with Gasteiger partial charge in [-0.2, -0.15) is 4.57 Å². The van der Waals surface area contributed by atoms with Crippen LogP contribution in [0.3, 0.4) is 0 Å². The monoisotopic (exact) mass is 400 g/mol. The number of imidazole rings is 1. The van der Waals surface area contributed by atoms with Gasteiger partial charge in [-0.1, -0.05) is 0 Å². The van der Waals surface area contributed by atoms with E-state index in [1.165, 1.54) is 0 Å². The fourth-order valence-corrected chi connectivity index (χ4v) is 1.45. The molecule has 0 aromatic carbocycles. The number of nitrogens with zero attached hydrogens (tertiary/aromatic N) is 3. The molecule has 2 aromatic rings. The molecule has 4 nitrogen and oxygen atoms in total. The summed E-state index contributed by atoms with van der Waals surface area (Å²) in [5, 5.41) is 0. The van der Waals surface area contributed by atoms with E-state index >= 15 is 0 Å². The molecule has 68 valence electrons. The Morgan fingerprint density at radius 1 is 1.31 bits per heavy atom. The van der Waals surface area contributed by atoms with Crippen molar-refractivity contribution < 1.29 is 29.0 Å². The van der Waals surface area contributed by atoms with Crippen LogP contribution in [0.1, 0.15) is 0 Å². The molecular formula is C7H6I2N4. The van der Waals surface area contributed by atoms with E-state index in [1.54, 1.807) is 31.1 Å². The number of aromatic amines is 1. The minimum absolute atomic E-state index is 0. The van der Waals surface area contributed by atoms with Crippen LogP contribution in [0.15, 0.2) is 31.1 Å². The molecule has 1 N–H and O–H groups in total. The number of aromatic nitrogens is 4. The second kappa shape index (κ2) is 4.84. The van der Waals surface area contributed by atoms with Gasteiger partial charge in [0, 0.05) is 22.6 Å². The number of halogens is 2. The highest BCUT2D eigenvalue weighted by Gasteiger charge is 2.08. The first-order valence-electron chi connectivity index (χ1n) is 3.38. The number of hydrogen-bond donors (Lipinski definition) is 0. The van der Waals surface area contributed by atoms with Crippen molar-refractivity contribution >= 4 is 22.6 Å². The summed E-state index contributed by atoms with van der Waals surface area (Å²) < 4.78 is 2.98. The summed E-state index contributed by atoms with van der Waals surface area (Å²) in [6.07, 6.45) is 8.78. The highest BCUT2D eigenvalue weighted by molar-refractivity contribution is 14.1. The second-order valence-electron chi connectivity index (χ2n) is 2.21. The largest absolute Gasteiger partial charge is 1.00 e. The van der Waals surface area contributed by atoms with Crippen molar-refractivity contribution in [1.82, 2.24) is 14.5 Å². The van der Waals surface area contributed by atoms with Gasteiger partial charge in [-0.25, -0.2) is 9.97 Å². The molecule has 0 unspecified atom stereocenters. The topological polar surface area (TPSA) is 44.9 Å². The number of nitrogens with one attached hydrogen (secondary N) is 1. The summed E-state index contributed by atoms with van der Waals surface area (Å²) in [4.78, 5) is 11.1. The molecule has 2 heterocycles. The molecule has 0 aliphatic carbocycles. The molecule has 0 spiro atoms. The molecule has 6 heteroatoms. The van der Waals surface area contributed by atoms with E-state index < -0.39 is 0 Å². The maximum Gasteiger partial charge on any atom is 0.304 e. The van der Waals surface area contributed by atoms with Crippen molar-refractivity contribution in [3.05, 3.63) is 34.8 Å². The zero-order chi connectivity index (χ0) is 8.39. The van der Waals surface area contributed by atoms with Crippen LogP contribution in [0.2, 0.25) is 0 Å². The average Bonchev–Trinajstić information content (AvgIpc) is 2.53. The van der Waals surface area contributed by atoms with Crippen molar-refractivity contribution in [3.8, 4) is 5.82 Å². The van der Waals surface area contributed by atoms with Crippen LogP contribution in [0.25, 0.3) is 5.82 Å². The van der Waals surface area contributed by atoms with Gasteiger partial charge in [0.15, 0.2) is 10.0 Å². The highest BCUT2D eigenvalue weighted by atomic mass is 127. The smallest absolute Gasteiger partial charge is 0.304 e. The summed E-state index contributed by atoms with van der Waals surface area (Å²) in [7, 11) is 0. The lowest BCUT2D eigenvalue weighted by Gasteiger charge is -1.91. The van der Waals surface area contributed by atoms with E-state index in [1.807, 2.05) is 4.57 Å². The van der Waals surface area contributed by atoms with Crippen LogP contribution in [0.4, 0.5) is 0 Å². The van der Waals surface area contributed by atoms with Gasteiger partial charge in [-0.15, -0.1) is 0 Å². The second-order valence-corrected chi connectivity index (χ2v) is 3.32. The Morgan fingerprint density at radius 2 is 2.15 bits per heavy atom. The number of hydrogen-bond acceptors (Lipinski definition) is 2. The third-order valence-corrected chi connectivity index (χ3v) is 2.24. The first-order chi connectivity index (χ1) is 5.88. The van der Waals surface area contributed by atoms with E-state index in [9.17, 15) is 0 Å². The molecule has 0 radical (unpaired) electrons. The van der Waals surface area contributed by atoms with Crippen molar-refractivity contribution in [3.63, 3.8) is 0 Å². The third kappa shape index (κ3) is 2.36. The standard InChI is InChI=1S/C7H5IN4.HI/c8-6-3-10-5-12(6)7-4-9-1-2-11-7;/h1-5H;1H. The van der Waals surface area contributed by atoms with Crippen molar-refractivity contribution in [2.24, 2.45) is 0 Å². The zero-order valence-corrected chi connectivity index (χ0v) is 10.8. The SMILES string of the molecule is Ic1cncn1-c1cncc[nH+]1.[I-]. The third-order valence-electron chi connectivity index (χ3n) is 1.44. The Balaban J connectivity index is 0.000000845. The molecule has 0 amide bonds. The van der Waals surface area contributed by atoms with E-state index in [4.69, 9.17) is 0 Å². The Hall–Kier alpha value is -0.250. The van der Waals surface area contributed by atoms with Crippen LogP contribution in [-0.2, 0) is 0 Å². The van der Waals surface area contributed by atoms with Crippen LogP contribution >= 0.6 is 22.6 Å². The number of H-pyrrole nitrogens is 1. The lowest BCUT2D eigenvalue weighted by molar-refractivity contribution is -0.374. The minimum atomic E-state index is 0. The Kier molecular flexibility index (Phi) is 4.03. The lowest BCUT2D eigenvalue weighted by Crippen LogP contribution is -3.00. The minimum Gasteiger partial charge on any atom is -1.00 e. The van der Waals surface area contributed by atoms with Crippen molar-refractivity contribution in [2.75, 3.05) is 0 Å². The summed E-state index contributed by atoms with van der Waals surface area (Å²) in [5.41, 5.74) is 0. The Bertz CT molecular complexity index is 373. The quantitative estimate of drug-likeness (QED) is 0.506. The van der Waals surface area contributed by atoms with E-state index in [-0.39, 0.29) is 24.0 Å². The summed E-state index contributed by atoms with van der Waals surface area (Å²) in [6.45, 7) is 0. The number of rotatable bonds is 1. The molecule has 0 bridgehead atoms. The van der Waals surface area contributed by atoms with Gasteiger partial charge in [0.25, 0.3) is 0 Å². The molecule has 0 saturated heterocycles. The fourth-order valence-electron chi connectivity index (χ4n) is 0.904. The molecular weight excluding hydrogens is 394 g/mol. The molecule has 0 aliphatic rings. The van der Waals surface area contributed by atoms with Crippen molar-refractivity contribution in [2.45, 2.75) is 0 Å². The molecule has 0 atom stereocenters. The molecule has 0 saturated carbocycles. The van der Waals surface area contributed by atoms with Crippen molar-refractivity contribution in [1.29, 1.82) is 0 Å². The van der Waals surface area contributed by atoms with Gasteiger partial charge in [-0.05, 0) is 0 Å².